The number of nitrogens with zero attached hydrogens (tertiary/aromatic N) is 2. The molecular weight excluding hydrogens is 246 g/mol. The molecule has 0 spiro atoms. The maximum Gasteiger partial charge on any atom is 0.161 e. The van der Waals surface area contributed by atoms with Crippen LogP contribution in [-0.4, -0.2) is 9.97 Å². The molecular formula is C17H15N3. The molecule has 0 aliphatic carbocycles. The summed E-state index contributed by atoms with van der Waals surface area (Å²) in [6.07, 6.45) is 1.80. The lowest BCUT2D eigenvalue weighted by atomic mass is 10.0. The first-order valence-corrected chi connectivity index (χ1v) is 6.49. The van der Waals surface area contributed by atoms with Crippen LogP contribution in [0.25, 0.3) is 22.5 Å². The minimum Gasteiger partial charge on any atom is -0.383 e. The Bertz CT molecular complexity index is 736. The predicted octanol–water partition coefficient (Wildman–Crippen LogP) is 3.70. The molecule has 2 N–H and O–H groups in total. The summed E-state index contributed by atoms with van der Waals surface area (Å²) in [7, 11) is 0. The topological polar surface area (TPSA) is 51.8 Å². The lowest BCUT2D eigenvalue weighted by Crippen LogP contribution is -1.99. The number of hydrogen-bond acceptors (Lipinski definition) is 3. The Morgan fingerprint density at radius 1 is 0.850 bits per heavy atom. The number of anilines is 1. The zero-order chi connectivity index (χ0) is 13.9. The third-order valence-electron chi connectivity index (χ3n) is 3.29. The van der Waals surface area contributed by atoms with E-state index in [9.17, 15) is 0 Å². The number of nitrogen functional groups attached to an aromatic ring is 1. The van der Waals surface area contributed by atoms with Crippen molar-refractivity contribution in [2.75, 3.05) is 5.73 Å². The summed E-state index contributed by atoms with van der Waals surface area (Å²) < 4.78 is 0. The zero-order valence-corrected chi connectivity index (χ0v) is 11.2. The van der Waals surface area contributed by atoms with Gasteiger partial charge in [-0.2, -0.15) is 0 Å². The average molecular weight is 261 g/mol. The first kappa shape index (κ1) is 12.4. The molecule has 3 aromatic rings. The Balaban J connectivity index is 2.07. The Hall–Kier alpha value is -2.68. The van der Waals surface area contributed by atoms with Gasteiger partial charge in [0.05, 0.1) is 0 Å². The fourth-order valence-electron chi connectivity index (χ4n) is 2.20. The molecule has 0 atom stereocenters. The van der Waals surface area contributed by atoms with E-state index in [0.29, 0.717) is 11.6 Å². The van der Waals surface area contributed by atoms with Crippen molar-refractivity contribution in [3.8, 4) is 22.5 Å². The summed E-state index contributed by atoms with van der Waals surface area (Å²) in [5.41, 5.74) is 10.2. The highest BCUT2D eigenvalue weighted by Gasteiger charge is 2.09. The second-order valence-corrected chi connectivity index (χ2v) is 4.67. The number of aryl methyl sites for hydroxylation is 1. The van der Waals surface area contributed by atoms with Gasteiger partial charge in [-0.1, -0.05) is 54.6 Å². The number of nitrogens with two attached hydrogens (primary N) is 1. The van der Waals surface area contributed by atoms with Crippen LogP contribution in [-0.2, 0) is 0 Å². The molecule has 0 saturated heterocycles. The van der Waals surface area contributed by atoms with Crippen LogP contribution in [0.4, 0.5) is 5.82 Å². The summed E-state index contributed by atoms with van der Waals surface area (Å²) >= 11 is 0. The molecule has 3 rings (SSSR count). The van der Waals surface area contributed by atoms with E-state index in [1.54, 1.807) is 6.20 Å². The highest BCUT2D eigenvalue weighted by atomic mass is 14.9. The molecule has 0 amide bonds. The normalized spacial score (nSPS) is 10.4. The molecule has 98 valence electrons. The first-order chi connectivity index (χ1) is 9.75. The van der Waals surface area contributed by atoms with Crippen molar-refractivity contribution < 1.29 is 0 Å². The zero-order valence-electron chi connectivity index (χ0n) is 11.2. The molecule has 0 bridgehead atoms. The molecule has 2 aromatic carbocycles. The van der Waals surface area contributed by atoms with Gasteiger partial charge in [0.2, 0.25) is 0 Å². The van der Waals surface area contributed by atoms with Crippen molar-refractivity contribution in [1.82, 2.24) is 9.97 Å². The molecule has 0 saturated carbocycles. The summed E-state index contributed by atoms with van der Waals surface area (Å²) in [6, 6.07) is 17.9. The molecule has 0 aliphatic heterocycles. The highest BCUT2D eigenvalue weighted by molar-refractivity contribution is 5.76. The van der Waals surface area contributed by atoms with Crippen LogP contribution in [0, 0.1) is 6.92 Å². The van der Waals surface area contributed by atoms with E-state index in [1.165, 1.54) is 0 Å². The fraction of sp³-hybridized carbons (Fsp3) is 0.0588. The lowest BCUT2D eigenvalue weighted by Gasteiger charge is -2.09. The third-order valence-corrected chi connectivity index (χ3v) is 3.29. The van der Waals surface area contributed by atoms with E-state index in [4.69, 9.17) is 5.73 Å². The lowest BCUT2D eigenvalue weighted by molar-refractivity contribution is 1.18. The van der Waals surface area contributed by atoms with Gasteiger partial charge in [-0.05, 0) is 18.1 Å². The van der Waals surface area contributed by atoms with E-state index < -0.39 is 0 Å². The van der Waals surface area contributed by atoms with Gasteiger partial charge in [-0.25, -0.2) is 9.97 Å². The number of aromatic nitrogens is 2. The van der Waals surface area contributed by atoms with Crippen LogP contribution >= 0.6 is 0 Å². The quantitative estimate of drug-likeness (QED) is 0.765. The second kappa shape index (κ2) is 5.13. The van der Waals surface area contributed by atoms with Crippen LogP contribution in [0.15, 0.2) is 60.8 Å². The fourth-order valence-corrected chi connectivity index (χ4v) is 2.20. The molecule has 1 heterocycles. The summed E-state index contributed by atoms with van der Waals surface area (Å²) in [6.45, 7) is 2.06. The Morgan fingerprint density at radius 3 is 2.25 bits per heavy atom. The summed E-state index contributed by atoms with van der Waals surface area (Å²) in [4.78, 5) is 8.86. The third kappa shape index (κ3) is 2.26. The minimum atomic E-state index is 0.508. The van der Waals surface area contributed by atoms with Crippen LogP contribution in [0.2, 0.25) is 0 Å². The minimum absolute atomic E-state index is 0.508. The molecule has 0 aliphatic rings. The number of benzene rings is 2. The van der Waals surface area contributed by atoms with Gasteiger partial charge < -0.3 is 5.73 Å². The molecule has 0 radical (unpaired) electrons. The SMILES string of the molecule is Cc1ccccc1-c1cnc(-c2ccccc2)nc1N. The summed E-state index contributed by atoms with van der Waals surface area (Å²) in [5.74, 6) is 1.16. The average Bonchev–Trinajstić information content (AvgIpc) is 2.49. The van der Waals surface area contributed by atoms with Crippen LogP contribution < -0.4 is 5.73 Å². The van der Waals surface area contributed by atoms with Crippen LogP contribution in [0.3, 0.4) is 0 Å². The van der Waals surface area contributed by atoms with E-state index in [2.05, 4.69) is 23.0 Å². The molecule has 0 unspecified atom stereocenters. The Labute approximate surface area is 118 Å². The number of hydrogen-bond donors (Lipinski definition) is 1. The number of rotatable bonds is 2. The van der Waals surface area contributed by atoms with Crippen molar-refractivity contribution in [2.24, 2.45) is 0 Å². The highest BCUT2D eigenvalue weighted by Crippen LogP contribution is 2.28. The predicted molar refractivity (Wildman–Crippen MR) is 82.1 cm³/mol. The van der Waals surface area contributed by atoms with Crippen molar-refractivity contribution in [1.29, 1.82) is 0 Å². The van der Waals surface area contributed by atoms with E-state index in [0.717, 1.165) is 22.3 Å². The van der Waals surface area contributed by atoms with E-state index in [1.807, 2.05) is 48.5 Å². The second-order valence-electron chi connectivity index (χ2n) is 4.67. The standard InChI is InChI=1S/C17H15N3/c1-12-7-5-6-10-14(12)15-11-19-17(20-16(15)18)13-8-3-2-4-9-13/h2-11H,1H3,(H2,18,19,20). The van der Waals surface area contributed by atoms with Gasteiger partial charge in [-0.15, -0.1) is 0 Å². The van der Waals surface area contributed by atoms with Gasteiger partial charge in [0.25, 0.3) is 0 Å². The van der Waals surface area contributed by atoms with Gasteiger partial charge in [0, 0.05) is 17.3 Å². The van der Waals surface area contributed by atoms with Gasteiger partial charge >= 0.3 is 0 Å². The van der Waals surface area contributed by atoms with Crippen molar-refractivity contribution in [3.63, 3.8) is 0 Å². The van der Waals surface area contributed by atoms with Crippen LogP contribution in [0.5, 0.6) is 0 Å². The van der Waals surface area contributed by atoms with Crippen LogP contribution in [0.1, 0.15) is 5.56 Å². The van der Waals surface area contributed by atoms with E-state index >= 15 is 0 Å². The maximum atomic E-state index is 6.11. The Kier molecular flexibility index (Phi) is 3.17. The molecule has 20 heavy (non-hydrogen) atoms. The van der Waals surface area contributed by atoms with Gasteiger partial charge in [0.15, 0.2) is 5.82 Å². The van der Waals surface area contributed by atoms with Crippen molar-refractivity contribution in [2.45, 2.75) is 6.92 Å². The monoisotopic (exact) mass is 261 g/mol. The first-order valence-electron chi connectivity index (χ1n) is 6.49. The Morgan fingerprint density at radius 2 is 1.55 bits per heavy atom. The smallest absolute Gasteiger partial charge is 0.161 e. The summed E-state index contributed by atoms with van der Waals surface area (Å²) in [5, 5.41) is 0. The van der Waals surface area contributed by atoms with Crippen molar-refractivity contribution >= 4 is 5.82 Å². The molecule has 3 heteroatoms. The van der Waals surface area contributed by atoms with Gasteiger partial charge in [0.1, 0.15) is 5.82 Å². The maximum absolute atomic E-state index is 6.11. The van der Waals surface area contributed by atoms with Gasteiger partial charge in [-0.3, -0.25) is 0 Å². The van der Waals surface area contributed by atoms with E-state index in [-0.39, 0.29) is 0 Å². The molecule has 1 aromatic heterocycles. The largest absolute Gasteiger partial charge is 0.383 e. The van der Waals surface area contributed by atoms with Crippen molar-refractivity contribution in [3.05, 3.63) is 66.4 Å². The molecule has 3 nitrogen and oxygen atoms in total. The molecule has 0 fully saturated rings.